The lowest BCUT2D eigenvalue weighted by Gasteiger charge is -2.35. The molecule has 0 bridgehead atoms. The van der Waals surface area contributed by atoms with Crippen LogP contribution < -0.4 is 10.6 Å². The molecule has 0 aromatic rings. The van der Waals surface area contributed by atoms with Gasteiger partial charge in [0.1, 0.15) is 5.54 Å². The topological polar surface area (TPSA) is 81.8 Å². The molecule has 2 saturated heterocycles. The van der Waals surface area contributed by atoms with E-state index in [1.165, 1.54) is 4.90 Å². The van der Waals surface area contributed by atoms with Crippen LogP contribution in [-0.2, 0) is 9.59 Å². The van der Waals surface area contributed by atoms with Crippen molar-refractivity contribution in [3.8, 4) is 0 Å². The van der Waals surface area contributed by atoms with Crippen LogP contribution in [0.15, 0.2) is 0 Å². The predicted molar refractivity (Wildman–Crippen MR) is 101 cm³/mol. The van der Waals surface area contributed by atoms with E-state index in [4.69, 9.17) is 0 Å². The first kappa shape index (κ1) is 21.0. The number of amides is 4. The van der Waals surface area contributed by atoms with E-state index < -0.39 is 5.54 Å². The van der Waals surface area contributed by atoms with Gasteiger partial charge < -0.3 is 15.5 Å². The number of hydrogen-bond donors (Lipinski definition) is 2. The van der Waals surface area contributed by atoms with E-state index in [1.807, 2.05) is 4.90 Å². The van der Waals surface area contributed by atoms with E-state index in [2.05, 4.69) is 17.6 Å². The van der Waals surface area contributed by atoms with Crippen LogP contribution in [0.1, 0.15) is 58.3 Å². The van der Waals surface area contributed by atoms with E-state index in [-0.39, 0.29) is 49.3 Å². The number of carbonyl (C=O) groups excluding carboxylic acids is 3. The van der Waals surface area contributed by atoms with Crippen LogP contribution in [0.5, 0.6) is 0 Å². The lowest BCUT2D eigenvalue weighted by atomic mass is 9.98. The summed E-state index contributed by atoms with van der Waals surface area (Å²) in [6, 6.07) is -0.0541. The van der Waals surface area contributed by atoms with Crippen molar-refractivity contribution in [2.24, 2.45) is 0 Å². The zero-order valence-corrected chi connectivity index (χ0v) is 16.4. The second kappa shape index (κ2) is 9.04. The van der Waals surface area contributed by atoms with Gasteiger partial charge in [-0.3, -0.25) is 14.5 Å². The van der Waals surface area contributed by atoms with E-state index in [9.17, 15) is 14.4 Å². The van der Waals surface area contributed by atoms with Crippen molar-refractivity contribution >= 4 is 30.3 Å². The molecular weight excluding hydrogens is 356 g/mol. The number of nitrogens with zero attached hydrogens (tertiary/aromatic N) is 2. The molecule has 3 rings (SSSR count). The van der Waals surface area contributed by atoms with Crippen LogP contribution in [-0.4, -0.2) is 65.4 Å². The molecule has 7 nitrogen and oxygen atoms in total. The molecule has 148 valence electrons. The van der Waals surface area contributed by atoms with Gasteiger partial charge in [-0.05, 0) is 45.2 Å². The molecule has 26 heavy (non-hydrogen) atoms. The van der Waals surface area contributed by atoms with Gasteiger partial charge in [-0.25, -0.2) is 4.79 Å². The smallest absolute Gasteiger partial charge is 0.325 e. The van der Waals surface area contributed by atoms with E-state index in [1.54, 1.807) is 0 Å². The van der Waals surface area contributed by atoms with Crippen molar-refractivity contribution in [3.63, 3.8) is 0 Å². The molecule has 0 unspecified atom stereocenters. The molecule has 4 amide bonds. The lowest BCUT2D eigenvalue weighted by Crippen LogP contribution is -2.47. The molecule has 3 aliphatic rings. The fraction of sp³-hybridized carbons (Fsp3) is 0.833. The summed E-state index contributed by atoms with van der Waals surface area (Å²) >= 11 is 0. The van der Waals surface area contributed by atoms with Crippen molar-refractivity contribution in [2.45, 2.75) is 69.9 Å². The maximum Gasteiger partial charge on any atom is 0.325 e. The maximum atomic E-state index is 12.8. The zero-order chi connectivity index (χ0) is 17.9. The molecule has 0 aromatic heterocycles. The third kappa shape index (κ3) is 4.14. The normalized spacial score (nSPS) is 22.4. The quantitative estimate of drug-likeness (QED) is 0.680. The first-order valence-corrected chi connectivity index (χ1v) is 9.72. The van der Waals surface area contributed by atoms with Crippen molar-refractivity contribution in [1.82, 2.24) is 20.4 Å². The standard InChI is InChI=1S/C18H30N4O3.ClH/c1-2-12-21(14-5-10-19-11-6-14)15(23)7-13-22-16(24)18(20-17(22)25)8-3-4-9-18;/h14,19H,2-13H2,1H3,(H,20,25);1H. The average Bonchev–Trinajstić information content (AvgIpc) is 3.18. The fourth-order valence-electron chi connectivity index (χ4n) is 4.42. The number of piperidine rings is 1. The summed E-state index contributed by atoms with van der Waals surface area (Å²) in [4.78, 5) is 40.8. The van der Waals surface area contributed by atoms with Crippen molar-refractivity contribution in [3.05, 3.63) is 0 Å². The number of carbonyl (C=O) groups is 3. The second-order valence-electron chi connectivity index (χ2n) is 7.49. The van der Waals surface area contributed by atoms with E-state index in [0.29, 0.717) is 0 Å². The Hall–Kier alpha value is -1.34. The van der Waals surface area contributed by atoms with Crippen LogP contribution in [0.4, 0.5) is 4.79 Å². The minimum atomic E-state index is -0.682. The Morgan fingerprint density at radius 1 is 1.23 bits per heavy atom. The van der Waals surface area contributed by atoms with Gasteiger partial charge in [0.25, 0.3) is 5.91 Å². The SMILES string of the molecule is CCCN(C(=O)CCN1C(=O)NC2(CCCC2)C1=O)C1CCNCC1.Cl. The molecule has 3 fully saturated rings. The molecule has 2 N–H and O–H groups in total. The summed E-state index contributed by atoms with van der Waals surface area (Å²) in [6.07, 6.45) is 6.46. The lowest BCUT2D eigenvalue weighted by molar-refractivity contribution is -0.135. The first-order valence-electron chi connectivity index (χ1n) is 9.72. The summed E-state index contributed by atoms with van der Waals surface area (Å²) in [5.41, 5.74) is -0.682. The molecule has 0 atom stereocenters. The molecule has 0 radical (unpaired) electrons. The highest BCUT2D eigenvalue weighted by atomic mass is 35.5. The summed E-state index contributed by atoms with van der Waals surface area (Å²) in [6.45, 7) is 4.88. The Morgan fingerprint density at radius 2 is 1.88 bits per heavy atom. The van der Waals surface area contributed by atoms with Gasteiger partial charge in [0, 0.05) is 25.6 Å². The summed E-state index contributed by atoms with van der Waals surface area (Å²) in [5.74, 6) is -0.0755. The number of halogens is 1. The molecule has 1 aliphatic carbocycles. The highest BCUT2D eigenvalue weighted by molar-refractivity contribution is 6.07. The number of nitrogens with one attached hydrogen (secondary N) is 2. The fourth-order valence-corrected chi connectivity index (χ4v) is 4.42. The molecule has 1 saturated carbocycles. The van der Waals surface area contributed by atoms with Crippen molar-refractivity contribution < 1.29 is 14.4 Å². The van der Waals surface area contributed by atoms with Crippen molar-refractivity contribution in [1.29, 1.82) is 0 Å². The van der Waals surface area contributed by atoms with E-state index >= 15 is 0 Å². The highest BCUT2D eigenvalue weighted by Gasteiger charge is 2.52. The summed E-state index contributed by atoms with van der Waals surface area (Å²) in [5, 5.41) is 6.20. The predicted octanol–water partition coefficient (Wildman–Crippen LogP) is 1.65. The van der Waals surface area contributed by atoms with E-state index in [0.717, 1.165) is 64.6 Å². The average molecular weight is 387 g/mol. The summed E-state index contributed by atoms with van der Waals surface area (Å²) < 4.78 is 0. The minimum absolute atomic E-state index is 0. The molecule has 1 spiro atoms. The Balaban J connectivity index is 0.00000243. The van der Waals surface area contributed by atoms with Crippen LogP contribution >= 0.6 is 12.4 Å². The van der Waals surface area contributed by atoms with Gasteiger partial charge in [-0.1, -0.05) is 19.8 Å². The Morgan fingerprint density at radius 3 is 2.50 bits per heavy atom. The number of hydrogen-bond acceptors (Lipinski definition) is 4. The van der Waals surface area contributed by atoms with Gasteiger partial charge in [-0.2, -0.15) is 0 Å². The molecule has 8 heteroatoms. The zero-order valence-electron chi connectivity index (χ0n) is 15.6. The molecule has 2 aliphatic heterocycles. The van der Waals surface area contributed by atoms with Gasteiger partial charge >= 0.3 is 6.03 Å². The Labute approximate surface area is 161 Å². The monoisotopic (exact) mass is 386 g/mol. The van der Waals surface area contributed by atoms with Gasteiger partial charge in [0.05, 0.1) is 0 Å². The van der Waals surface area contributed by atoms with Crippen LogP contribution in [0.25, 0.3) is 0 Å². The van der Waals surface area contributed by atoms with Crippen LogP contribution in [0.3, 0.4) is 0 Å². The van der Waals surface area contributed by atoms with Crippen LogP contribution in [0.2, 0.25) is 0 Å². The Kier molecular flexibility index (Phi) is 7.29. The largest absolute Gasteiger partial charge is 0.340 e. The summed E-state index contributed by atoms with van der Waals surface area (Å²) in [7, 11) is 0. The number of urea groups is 1. The Bertz CT molecular complexity index is 531. The second-order valence-corrected chi connectivity index (χ2v) is 7.49. The minimum Gasteiger partial charge on any atom is -0.340 e. The first-order chi connectivity index (χ1) is 12.1. The third-order valence-electron chi connectivity index (χ3n) is 5.79. The van der Waals surface area contributed by atoms with Gasteiger partial charge in [0.2, 0.25) is 5.91 Å². The molecule has 0 aromatic carbocycles. The highest BCUT2D eigenvalue weighted by Crippen LogP contribution is 2.35. The number of rotatable bonds is 6. The maximum absolute atomic E-state index is 12.8. The number of imide groups is 1. The van der Waals surface area contributed by atoms with Crippen LogP contribution in [0, 0.1) is 0 Å². The van der Waals surface area contributed by atoms with Gasteiger partial charge in [0.15, 0.2) is 0 Å². The molecule has 2 heterocycles. The molecular formula is C18H31ClN4O3. The van der Waals surface area contributed by atoms with Gasteiger partial charge in [-0.15, -0.1) is 12.4 Å². The third-order valence-corrected chi connectivity index (χ3v) is 5.79. The van der Waals surface area contributed by atoms with Crippen molar-refractivity contribution in [2.75, 3.05) is 26.2 Å².